The number of carbonyl (C=O) groups excluding carboxylic acids is 2. The van der Waals surface area contributed by atoms with E-state index in [9.17, 15) is 9.59 Å². The van der Waals surface area contributed by atoms with Crippen molar-refractivity contribution in [2.75, 3.05) is 7.11 Å². The lowest BCUT2D eigenvalue weighted by molar-refractivity contribution is -0.132. The number of methoxy groups -OCH3 is 1. The lowest BCUT2D eigenvalue weighted by Crippen LogP contribution is -2.18. The van der Waals surface area contributed by atoms with E-state index < -0.39 is 11.9 Å². The lowest BCUT2D eigenvalue weighted by Gasteiger charge is -2.08. The molecule has 0 aliphatic rings. The van der Waals surface area contributed by atoms with Gasteiger partial charge in [-0.05, 0) is 46.7 Å². The van der Waals surface area contributed by atoms with Gasteiger partial charge in [-0.3, -0.25) is 14.7 Å². The van der Waals surface area contributed by atoms with Crippen LogP contribution < -0.4 is 14.9 Å². The molecule has 4 rings (SSSR count). The molecule has 0 bridgehead atoms. The average molecular weight is 428 g/mol. The van der Waals surface area contributed by atoms with E-state index in [2.05, 4.69) is 20.7 Å². The van der Waals surface area contributed by atoms with E-state index in [0.717, 1.165) is 16.3 Å². The van der Waals surface area contributed by atoms with E-state index in [1.807, 2.05) is 42.5 Å². The summed E-state index contributed by atoms with van der Waals surface area (Å²) < 4.78 is 10.3. The van der Waals surface area contributed by atoms with Crippen LogP contribution in [-0.4, -0.2) is 35.4 Å². The first-order valence-electron chi connectivity index (χ1n) is 9.78. The van der Waals surface area contributed by atoms with Crippen molar-refractivity contribution >= 4 is 28.9 Å². The Morgan fingerprint density at radius 2 is 1.81 bits per heavy atom. The van der Waals surface area contributed by atoms with Gasteiger partial charge in [0.25, 0.3) is 5.91 Å². The number of hydrogen-bond acceptors (Lipinski definition) is 6. The fourth-order valence-corrected chi connectivity index (χ4v) is 3.16. The largest absolute Gasteiger partial charge is 0.493 e. The van der Waals surface area contributed by atoms with Crippen molar-refractivity contribution in [1.82, 2.24) is 15.6 Å². The number of esters is 1. The molecule has 8 nitrogen and oxygen atoms in total. The molecule has 0 spiro atoms. The molecule has 0 saturated heterocycles. The minimum atomic E-state index is -0.445. The van der Waals surface area contributed by atoms with E-state index in [1.165, 1.54) is 20.2 Å². The zero-order chi connectivity index (χ0) is 22.5. The Labute approximate surface area is 183 Å². The number of hydrazone groups is 1. The molecule has 1 amide bonds. The highest BCUT2D eigenvalue weighted by atomic mass is 16.6. The van der Waals surface area contributed by atoms with Crippen molar-refractivity contribution in [1.29, 1.82) is 0 Å². The number of aromatic nitrogens is 2. The molecule has 0 atom stereocenters. The number of amides is 1. The van der Waals surface area contributed by atoms with E-state index in [0.29, 0.717) is 22.8 Å². The van der Waals surface area contributed by atoms with Gasteiger partial charge in [0.15, 0.2) is 11.5 Å². The number of rotatable bonds is 6. The molecule has 4 aromatic rings. The Bertz CT molecular complexity index is 1330. The molecule has 0 aliphatic heterocycles. The number of fused-ring (bicyclic) bond motifs is 1. The predicted octanol–water partition coefficient (Wildman–Crippen LogP) is 3.93. The van der Waals surface area contributed by atoms with Crippen molar-refractivity contribution < 1.29 is 19.1 Å². The van der Waals surface area contributed by atoms with Crippen LogP contribution in [0.5, 0.6) is 11.5 Å². The lowest BCUT2D eigenvalue weighted by atomic mass is 10.1. The molecule has 0 saturated carbocycles. The van der Waals surface area contributed by atoms with Gasteiger partial charge < -0.3 is 9.47 Å². The molecule has 0 radical (unpaired) electrons. The molecule has 2 N–H and O–H groups in total. The van der Waals surface area contributed by atoms with Crippen LogP contribution in [0.4, 0.5) is 0 Å². The molecular weight excluding hydrogens is 408 g/mol. The molecule has 1 aromatic heterocycles. The fourth-order valence-electron chi connectivity index (χ4n) is 3.16. The molecule has 8 heteroatoms. The fraction of sp³-hybridized carbons (Fsp3) is 0.0833. The summed E-state index contributed by atoms with van der Waals surface area (Å²) in [4.78, 5) is 23.6. The third-order valence-electron chi connectivity index (χ3n) is 4.69. The number of nitrogens with zero attached hydrogens (tertiary/aromatic N) is 2. The van der Waals surface area contributed by atoms with E-state index in [1.54, 1.807) is 24.3 Å². The van der Waals surface area contributed by atoms with E-state index >= 15 is 0 Å². The van der Waals surface area contributed by atoms with Crippen LogP contribution in [0.2, 0.25) is 0 Å². The maximum absolute atomic E-state index is 12.4. The highest BCUT2D eigenvalue weighted by Crippen LogP contribution is 2.27. The van der Waals surface area contributed by atoms with Gasteiger partial charge in [-0.25, -0.2) is 5.43 Å². The summed E-state index contributed by atoms with van der Waals surface area (Å²) in [6, 6.07) is 20.6. The normalized spacial score (nSPS) is 10.9. The summed E-state index contributed by atoms with van der Waals surface area (Å²) in [5.41, 5.74) is 4.96. The number of benzene rings is 3. The van der Waals surface area contributed by atoms with E-state index in [-0.39, 0.29) is 5.69 Å². The molecule has 3 aromatic carbocycles. The maximum Gasteiger partial charge on any atom is 0.308 e. The second-order valence-corrected chi connectivity index (χ2v) is 6.93. The minimum absolute atomic E-state index is 0.285. The zero-order valence-corrected chi connectivity index (χ0v) is 17.5. The number of aromatic amines is 1. The minimum Gasteiger partial charge on any atom is -0.493 e. The van der Waals surface area contributed by atoms with Gasteiger partial charge in [0.1, 0.15) is 5.69 Å². The third kappa shape index (κ3) is 4.65. The number of carbonyl (C=O) groups is 2. The van der Waals surface area contributed by atoms with Gasteiger partial charge in [0.2, 0.25) is 0 Å². The predicted molar refractivity (Wildman–Crippen MR) is 121 cm³/mol. The smallest absolute Gasteiger partial charge is 0.308 e. The van der Waals surface area contributed by atoms with Crippen LogP contribution in [0.15, 0.2) is 71.8 Å². The Morgan fingerprint density at radius 1 is 1.00 bits per heavy atom. The Hall–Kier alpha value is -4.46. The first kappa shape index (κ1) is 20.8. The van der Waals surface area contributed by atoms with Crippen LogP contribution in [0, 0.1) is 0 Å². The van der Waals surface area contributed by atoms with Crippen LogP contribution in [0.1, 0.15) is 23.0 Å². The summed E-state index contributed by atoms with van der Waals surface area (Å²) in [6.07, 6.45) is 1.46. The van der Waals surface area contributed by atoms with Gasteiger partial charge in [-0.1, -0.05) is 36.4 Å². The Balaban J connectivity index is 1.44. The molecule has 1 heterocycles. The quantitative estimate of drug-likeness (QED) is 0.210. The maximum atomic E-state index is 12.4. The number of H-pyrrole nitrogens is 1. The van der Waals surface area contributed by atoms with Gasteiger partial charge >= 0.3 is 5.97 Å². The highest BCUT2D eigenvalue weighted by molar-refractivity contribution is 5.94. The summed E-state index contributed by atoms with van der Waals surface area (Å²) >= 11 is 0. The standard InChI is InChI=1S/C24H20N4O4/c1-15(29)32-22-10-7-16(11-23(22)31-2)14-25-28-24(30)21-13-20(26-27-21)19-9-8-17-5-3-4-6-18(17)12-19/h3-14H,1-2H3,(H,26,27)(H,28,30)/b25-14-. The van der Waals surface area contributed by atoms with Crippen molar-refractivity contribution in [2.45, 2.75) is 6.92 Å². The van der Waals surface area contributed by atoms with Crippen LogP contribution in [0.3, 0.4) is 0 Å². The van der Waals surface area contributed by atoms with Crippen molar-refractivity contribution in [3.63, 3.8) is 0 Å². The molecule has 0 aliphatic carbocycles. The summed E-state index contributed by atoms with van der Waals surface area (Å²) in [6.45, 7) is 1.31. The summed E-state index contributed by atoms with van der Waals surface area (Å²) in [7, 11) is 1.47. The molecule has 0 fully saturated rings. The number of nitrogens with one attached hydrogen (secondary N) is 2. The van der Waals surface area contributed by atoms with Crippen molar-refractivity contribution in [3.05, 3.63) is 78.0 Å². The SMILES string of the molecule is COc1cc(/C=N\NC(=O)c2cc(-c3ccc4ccccc4c3)n[nH]2)ccc1OC(C)=O. The topological polar surface area (TPSA) is 106 Å². The second-order valence-electron chi connectivity index (χ2n) is 6.93. The first-order chi connectivity index (χ1) is 15.5. The Morgan fingerprint density at radius 3 is 2.59 bits per heavy atom. The molecule has 32 heavy (non-hydrogen) atoms. The molecule has 0 unspecified atom stereocenters. The van der Waals surface area contributed by atoms with Crippen LogP contribution in [0.25, 0.3) is 22.0 Å². The van der Waals surface area contributed by atoms with Gasteiger partial charge in [-0.2, -0.15) is 10.2 Å². The van der Waals surface area contributed by atoms with E-state index in [4.69, 9.17) is 9.47 Å². The van der Waals surface area contributed by atoms with Crippen LogP contribution >= 0.6 is 0 Å². The third-order valence-corrected chi connectivity index (χ3v) is 4.69. The monoisotopic (exact) mass is 428 g/mol. The highest BCUT2D eigenvalue weighted by Gasteiger charge is 2.11. The zero-order valence-electron chi connectivity index (χ0n) is 17.5. The van der Waals surface area contributed by atoms with Gasteiger partial charge in [0, 0.05) is 12.5 Å². The molecule has 160 valence electrons. The van der Waals surface area contributed by atoms with Crippen molar-refractivity contribution in [3.8, 4) is 22.8 Å². The Kier molecular flexibility index (Phi) is 5.94. The summed E-state index contributed by atoms with van der Waals surface area (Å²) in [5.74, 6) is -0.187. The number of ether oxygens (including phenoxy) is 2. The van der Waals surface area contributed by atoms with Gasteiger partial charge in [0.05, 0.1) is 19.0 Å². The van der Waals surface area contributed by atoms with Crippen molar-refractivity contribution in [2.24, 2.45) is 5.10 Å². The second kappa shape index (κ2) is 9.13. The molecular formula is C24H20N4O4. The number of hydrogen-bond donors (Lipinski definition) is 2. The van der Waals surface area contributed by atoms with Crippen LogP contribution in [-0.2, 0) is 4.79 Å². The first-order valence-corrected chi connectivity index (χ1v) is 9.78. The summed E-state index contributed by atoms with van der Waals surface area (Å²) in [5, 5.41) is 13.2. The van der Waals surface area contributed by atoms with Gasteiger partial charge in [-0.15, -0.1) is 0 Å². The average Bonchev–Trinajstić information content (AvgIpc) is 3.30.